The van der Waals surface area contributed by atoms with Gasteiger partial charge in [-0.15, -0.1) is 6.42 Å². The fourth-order valence-electron chi connectivity index (χ4n) is 1.89. The van der Waals surface area contributed by atoms with Gasteiger partial charge in [-0.25, -0.2) is 0 Å². The molecular formula is C17H14ClN3O3. The second-order valence-electron chi connectivity index (χ2n) is 4.66. The van der Waals surface area contributed by atoms with E-state index in [1.165, 1.54) is 24.4 Å². The van der Waals surface area contributed by atoms with Gasteiger partial charge in [0, 0.05) is 22.7 Å². The molecule has 0 aliphatic carbocycles. The highest BCUT2D eigenvalue weighted by atomic mass is 35.5. The van der Waals surface area contributed by atoms with E-state index in [2.05, 4.69) is 16.4 Å². The summed E-state index contributed by atoms with van der Waals surface area (Å²) < 4.78 is 5.36. The lowest BCUT2D eigenvalue weighted by molar-refractivity contribution is -0.384. The first-order chi connectivity index (χ1) is 11.6. The van der Waals surface area contributed by atoms with Crippen molar-refractivity contribution in [2.75, 3.05) is 6.61 Å². The average Bonchev–Trinajstić information content (AvgIpc) is 2.58. The summed E-state index contributed by atoms with van der Waals surface area (Å²) in [6.45, 7) is 0.483. The molecule has 1 N–H and O–H groups in total. The summed E-state index contributed by atoms with van der Waals surface area (Å²) in [6, 6.07) is 11.6. The monoisotopic (exact) mass is 343 g/mol. The molecule has 0 radical (unpaired) electrons. The number of non-ortho nitro benzene ring substituents is 1. The van der Waals surface area contributed by atoms with Gasteiger partial charge in [0.15, 0.2) is 0 Å². The molecule has 0 unspecified atom stereocenters. The summed E-state index contributed by atoms with van der Waals surface area (Å²) in [4.78, 5) is 10.4. The lowest BCUT2D eigenvalue weighted by atomic mass is 10.2. The van der Waals surface area contributed by atoms with E-state index >= 15 is 0 Å². The number of benzene rings is 2. The van der Waals surface area contributed by atoms with E-state index in [9.17, 15) is 10.1 Å². The summed E-state index contributed by atoms with van der Waals surface area (Å²) in [7, 11) is 0. The molecule has 0 bridgehead atoms. The van der Waals surface area contributed by atoms with E-state index in [0.717, 1.165) is 5.56 Å². The number of nitrogens with one attached hydrogen (secondary N) is 1. The molecule has 0 fully saturated rings. The van der Waals surface area contributed by atoms with Crippen molar-refractivity contribution in [1.29, 1.82) is 0 Å². The van der Waals surface area contributed by atoms with E-state index in [-0.39, 0.29) is 12.3 Å². The smallest absolute Gasteiger partial charge is 0.270 e. The molecule has 0 amide bonds. The average molecular weight is 344 g/mol. The van der Waals surface area contributed by atoms with Crippen molar-refractivity contribution in [3.63, 3.8) is 0 Å². The van der Waals surface area contributed by atoms with Gasteiger partial charge < -0.3 is 10.2 Å². The van der Waals surface area contributed by atoms with Crippen molar-refractivity contribution in [3.8, 4) is 18.1 Å². The van der Waals surface area contributed by atoms with Crippen molar-refractivity contribution in [2.24, 2.45) is 5.10 Å². The van der Waals surface area contributed by atoms with Gasteiger partial charge in [0.25, 0.3) is 5.69 Å². The zero-order chi connectivity index (χ0) is 17.4. The normalized spacial score (nSPS) is 10.3. The third kappa shape index (κ3) is 4.73. The third-order valence-electron chi connectivity index (χ3n) is 3.04. The van der Waals surface area contributed by atoms with Gasteiger partial charge >= 0.3 is 0 Å². The van der Waals surface area contributed by atoms with E-state index in [1.807, 2.05) is 18.2 Å². The maximum Gasteiger partial charge on any atom is 0.270 e. The molecule has 0 saturated carbocycles. The first-order valence-corrected chi connectivity index (χ1v) is 7.33. The number of nitro benzene ring substituents is 1. The van der Waals surface area contributed by atoms with Gasteiger partial charge in [-0.3, -0.25) is 10.1 Å². The largest absolute Gasteiger partial charge is 0.480 e. The summed E-state index contributed by atoms with van der Waals surface area (Å²) in [5.74, 6) is 2.76. The van der Waals surface area contributed by atoms with Crippen LogP contribution in [0, 0.1) is 22.5 Å². The lowest BCUT2D eigenvalue weighted by Gasteiger charge is -2.06. The number of nitro groups is 1. The van der Waals surface area contributed by atoms with Crippen molar-refractivity contribution in [2.45, 2.75) is 6.54 Å². The number of rotatable bonds is 7. The van der Waals surface area contributed by atoms with Crippen molar-refractivity contribution in [1.82, 2.24) is 5.43 Å². The van der Waals surface area contributed by atoms with Crippen LogP contribution in [-0.4, -0.2) is 17.7 Å². The van der Waals surface area contributed by atoms with Gasteiger partial charge in [-0.1, -0.05) is 35.7 Å². The Morgan fingerprint density at radius 3 is 2.88 bits per heavy atom. The molecule has 2 rings (SSSR count). The summed E-state index contributed by atoms with van der Waals surface area (Å²) in [5.41, 5.74) is 4.12. The van der Waals surface area contributed by atoms with E-state index in [0.29, 0.717) is 22.9 Å². The highest BCUT2D eigenvalue weighted by Crippen LogP contribution is 2.22. The first-order valence-electron chi connectivity index (χ1n) is 6.96. The van der Waals surface area contributed by atoms with Crippen LogP contribution in [0.25, 0.3) is 0 Å². The van der Waals surface area contributed by atoms with E-state index < -0.39 is 4.92 Å². The number of hydrogen-bond acceptors (Lipinski definition) is 5. The minimum atomic E-state index is -0.487. The summed E-state index contributed by atoms with van der Waals surface area (Å²) in [5, 5.41) is 15.6. The van der Waals surface area contributed by atoms with Crippen LogP contribution in [-0.2, 0) is 6.54 Å². The highest BCUT2D eigenvalue weighted by molar-refractivity contribution is 6.31. The van der Waals surface area contributed by atoms with Crippen LogP contribution >= 0.6 is 11.6 Å². The predicted molar refractivity (Wildman–Crippen MR) is 93.3 cm³/mol. The Morgan fingerprint density at radius 2 is 2.17 bits per heavy atom. The number of nitrogens with zero attached hydrogens (tertiary/aromatic N) is 2. The van der Waals surface area contributed by atoms with Gasteiger partial charge in [0.1, 0.15) is 12.4 Å². The SMILES string of the molecule is C#CCOc1ccc([N+](=O)[O-])cc1/C=N\NCc1ccccc1Cl. The highest BCUT2D eigenvalue weighted by Gasteiger charge is 2.10. The lowest BCUT2D eigenvalue weighted by Crippen LogP contribution is -2.06. The molecule has 0 aromatic heterocycles. The van der Waals surface area contributed by atoms with Crippen molar-refractivity contribution < 1.29 is 9.66 Å². The second-order valence-corrected chi connectivity index (χ2v) is 5.06. The standard InChI is InChI=1S/C17H14ClN3O3/c1-2-9-24-17-8-7-15(21(22)23)10-14(17)12-20-19-11-13-5-3-4-6-16(13)18/h1,3-8,10,12,19H,9,11H2/b20-12-. The molecule has 2 aromatic rings. The summed E-state index contributed by atoms with van der Waals surface area (Å²) in [6.07, 6.45) is 6.60. The number of terminal acetylenes is 1. The van der Waals surface area contributed by atoms with Gasteiger partial charge in [-0.2, -0.15) is 5.10 Å². The molecular weight excluding hydrogens is 330 g/mol. The fourth-order valence-corrected chi connectivity index (χ4v) is 2.09. The summed E-state index contributed by atoms with van der Waals surface area (Å²) >= 11 is 6.05. The maximum absolute atomic E-state index is 10.9. The number of hydrazone groups is 1. The van der Waals surface area contributed by atoms with E-state index in [1.54, 1.807) is 6.07 Å². The molecule has 0 aliphatic rings. The first kappa shape index (κ1) is 17.3. The molecule has 0 heterocycles. The molecule has 24 heavy (non-hydrogen) atoms. The number of ether oxygens (including phenoxy) is 1. The van der Waals surface area contributed by atoms with Crippen LogP contribution < -0.4 is 10.2 Å². The molecule has 0 spiro atoms. The van der Waals surface area contributed by atoms with Crippen LogP contribution in [0.4, 0.5) is 5.69 Å². The Morgan fingerprint density at radius 1 is 1.38 bits per heavy atom. The minimum Gasteiger partial charge on any atom is -0.480 e. The molecule has 122 valence electrons. The quantitative estimate of drug-likeness (QED) is 0.362. The molecule has 2 aromatic carbocycles. The van der Waals surface area contributed by atoms with Crippen LogP contribution in [0.15, 0.2) is 47.6 Å². The Labute approximate surface area is 144 Å². The number of halogens is 1. The minimum absolute atomic E-state index is 0.0596. The predicted octanol–water partition coefficient (Wildman–Crippen LogP) is 3.38. The maximum atomic E-state index is 10.9. The zero-order valence-electron chi connectivity index (χ0n) is 12.6. The Hall–Kier alpha value is -3.04. The van der Waals surface area contributed by atoms with Crippen LogP contribution in [0.5, 0.6) is 5.75 Å². The van der Waals surface area contributed by atoms with Crippen LogP contribution in [0.2, 0.25) is 5.02 Å². The van der Waals surface area contributed by atoms with Crippen molar-refractivity contribution in [3.05, 3.63) is 68.7 Å². The Bertz CT molecular complexity index is 800. The zero-order valence-corrected chi connectivity index (χ0v) is 13.4. The molecule has 0 saturated heterocycles. The van der Waals surface area contributed by atoms with Gasteiger partial charge in [-0.05, 0) is 17.7 Å². The van der Waals surface area contributed by atoms with Gasteiger partial charge in [0.05, 0.1) is 17.7 Å². The van der Waals surface area contributed by atoms with Crippen LogP contribution in [0.3, 0.4) is 0 Å². The molecule has 0 aliphatic heterocycles. The Balaban J connectivity index is 2.11. The second kappa shape index (κ2) is 8.56. The molecule has 7 heteroatoms. The van der Waals surface area contributed by atoms with E-state index in [4.69, 9.17) is 22.8 Å². The fraction of sp³-hybridized carbons (Fsp3) is 0.118. The Kier molecular flexibility index (Phi) is 6.17. The van der Waals surface area contributed by atoms with Gasteiger partial charge in [0.2, 0.25) is 0 Å². The third-order valence-corrected chi connectivity index (χ3v) is 3.41. The van der Waals surface area contributed by atoms with Crippen molar-refractivity contribution >= 4 is 23.5 Å². The topological polar surface area (TPSA) is 76.8 Å². The number of hydrogen-bond donors (Lipinski definition) is 1. The molecule has 6 nitrogen and oxygen atoms in total. The molecule has 0 atom stereocenters. The van der Waals surface area contributed by atoms with Crippen LogP contribution in [0.1, 0.15) is 11.1 Å².